The number of rotatable bonds is 2. The first-order valence-electron chi connectivity index (χ1n) is 5.40. The molecule has 1 aromatic heterocycles. The summed E-state index contributed by atoms with van der Waals surface area (Å²) < 4.78 is 1.40. The molecule has 0 radical (unpaired) electrons. The topological polar surface area (TPSA) is 45.8 Å². The van der Waals surface area contributed by atoms with Crippen LogP contribution in [0.5, 0.6) is 0 Å². The van der Waals surface area contributed by atoms with Crippen LogP contribution in [0.1, 0.15) is 28.9 Å². The summed E-state index contributed by atoms with van der Waals surface area (Å²) >= 11 is 0. The Morgan fingerprint density at radius 2 is 1.94 bits per heavy atom. The highest BCUT2D eigenvalue weighted by atomic mass is 16.2. The second-order valence-corrected chi connectivity index (χ2v) is 3.85. The molecule has 0 aliphatic heterocycles. The van der Waals surface area contributed by atoms with Crippen LogP contribution in [-0.2, 0) is 0 Å². The SMILES string of the molecule is C[C@H](C(=O)n1cccc1C#N)c1ccccc1. The summed E-state index contributed by atoms with van der Waals surface area (Å²) in [6, 6.07) is 14.9. The smallest absolute Gasteiger partial charge is 0.238 e. The molecule has 0 aliphatic rings. The summed E-state index contributed by atoms with van der Waals surface area (Å²) in [5.74, 6) is -0.339. The van der Waals surface area contributed by atoms with Gasteiger partial charge in [-0.25, -0.2) is 0 Å². The van der Waals surface area contributed by atoms with E-state index in [9.17, 15) is 4.79 Å². The fourth-order valence-electron chi connectivity index (χ4n) is 1.76. The van der Waals surface area contributed by atoms with E-state index in [0.29, 0.717) is 5.69 Å². The van der Waals surface area contributed by atoms with Crippen LogP contribution in [0.15, 0.2) is 48.7 Å². The molecule has 1 aromatic carbocycles. The molecule has 0 unspecified atom stereocenters. The van der Waals surface area contributed by atoms with Gasteiger partial charge in [0.05, 0.1) is 5.92 Å². The summed E-state index contributed by atoms with van der Waals surface area (Å²) in [6.45, 7) is 1.85. The maximum atomic E-state index is 12.2. The number of hydrogen-bond acceptors (Lipinski definition) is 2. The van der Waals surface area contributed by atoms with E-state index in [4.69, 9.17) is 5.26 Å². The normalized spacial score (nSPS) is 11.8. The molecule has 3 heteroatoms. The van der Waals surface area contributed by atoms with Crippen molar-refractivity contribution in [1.29, 1.82) is 5.26 Å². The van der Waals surface area contributed by atoms with E-state index in [0.717, 1.165) is 5.56 Å². The maximum absolute atomic E-state index is 12.2. The number of carbonyl (C=O) groups excluding carboxylic acids is 1. The molecule has 0 saturated carbocycles. The molecule has 2 rings (SSSR count). The molecule has 0 N–H and O–H groups in total. The summed E-state index contributed by atoms with van der Waals surface area (Å²) in [4.78, 5) is 12.2. The predicted octanol–water partition coefficient (Wildman–Crippen LogP) is 2.80. The zero-order valence-electron chi connectivity index (χ0n) is 9.50. The minimum absolute atomic E-state index is 0.0854. The maximum Gasteiger partial charge on any atom is 0.238 e. The van der Waals surface area contributed by atoms with Gasteiger partial charge in [-0.05, 0) is 24.6 Å². The van der Waals surface area contributed by atoms with E-state index in [1.54, 1.807) is 18.3 Å². The van der Waals surface area contributed by atoms with Crippen LogP contribution in [0.2, 0.25) is 0 Å². The first-order chi connectivity index (χ1) is 8.24. The number of nitrogens with zero attached hydrogens (tertiary/aromatic N) is 2. The largest absolute Gasteiger partial charge is 0.278 e. The molecule has 0 fully saturated rings. The fourth-order valence-corrected chi connectivity index (χ4v) is 1.76. The summed E-state index contributed by atoms with van der Waals surface area (Å²) in [5.41, 5.74) is 1.33. The monoisotopic (exact) mass is 224 g/mol. The van der Waals surface area contributed by atoms with Crippen molar-refractivity contribution in [3.63, 3.8) is 0 Å². The lowest BCUT2D eigenvalue weighted by Crippen LogP contribution is -2.18. The van der Waals surface area contributed by atoms with Crippen molar-refractivity contribution in [2.75, 3.05) is 0 Å². The number of nitriles is 1. The fraction of sp³-hybridized carbons (Fsp3) is 0.143. The highest BCUT2D eigenvalue weighted by Crippen LogP contribution is 2.18. The van der Waals surface area contributed by atoms with Gasteiger partial charge < -0.3 is 0 Å². The van der Waals surface area contributed by atoms with Crippen LogP contribution < -0.4 is 0 Å². The van der Waals surface area contributed by atoms with E-state index in [-0.39, 0.29) is 11.8 Å². The van der Waals surface area contributed by atoms with Crippen LogP contribution >= 0.6 is 0 Å². The molecule has 0 bridgehead atoms. The zero-order chi connectivity index (χ0) is 12.3. The Labute approximate surface area is 99.9 Å². The van der Waals surface area contributed by atoms with Crippen LogP contribution in [-0.4, -0.2) is 10.5 Å². The lowest BCUT2D eigenvalue weighted by Gasteiger charge is -2.11. The second kappa shape index (κ2) is 4.67. The Balaban J connectivity index is 2.31. The molecule has 0 amide bonds. The molecule has 17 heavy (non-hydrogen) atoms. The van der Waals surface area contributed by atoms with E-state index < -0.39 is 0 Å². The lowest BCUT2D eigenvalue weighted by atomic mass is 10.0. The second-order valence-electron chi connectivity index (χ2n) is 3.85. The highest BCUT2D eigenvalue weighted by molar-refractivity contribution is 5.86. The third-order valence-electron chi connectivity index (χ3n) is 2.77. The first kappa shape index (κ1) is 11.2. The number of aromatic nitrogens is 1. The molecular weight excluding hydrogens is 212 g/mol. The van der Waals surface area contributed by atoms with E-state index >= 15 is 0 Å². The van der Waals surface area contributed by atoms with Gasteiger partial charge in [0.1, 0.15) is 11.8 Å². The van der Waals surface area contributed by atoms with E-state index in [1.807, 2.05) is 43.3 Å². The van der Waals surface area contributed by atoms with Gasteiger partial charge >= 0.3 is 0 Å². The summed E-state index contributed by atoms with van der Waals surface area (Å²) in [6.07, 6.45) is 1.63. The molecule has 0 saturated heterocycles. The molecule has 84 valence electrons. The minimum atomic E-state index is -0.254. The molecule has 1 heterocycles. The Bertz CT molecular complexity index is 563. The Kier molecular flexibility index (Phi) is 3.06. The van der Waals surface area contributed by atoms with Gasteiger partial charge in [-0.2, -0.15) is 5.26 Å². The highest BCUT2D eigenvalue weighted by Gasteiger charge is 2.18. The average Bonchev–Trinajstić information content (AvgIpc) is 2.86. The van der Waals surface area contributed by atoms with Crippen LogP contribution in [0.3, 0.4) is 0 Å². The quantitative estimate of drug-likeness (QED) is 0.787. The molecular formula is C14H12N2O. The standard InChI is InChI=1S/C14H12N2O/c1-11(12-6-3-2-4-7-12)14(17)16-9-5-8-13(16)10-15/h2-9,11H,1H3/t11-/m0/s1. The van der Waals surface area contributed by atoms with Crippen molar-refractivity contribution >= 4 is 5.91 Å². The van der Waals surface area contributed by atoms with Gasteiger partial charge in [-0.15, -0.1) is 0 Å². The lowest BCUT2D eigenvalue weighted by molar-refractivity contribution is 0.0884. The molecule has 0 spiro atoms. The number of hydrogen-bond donors (Lipinski definition) is 0. The van der Waals surface area contributed by atoms with Gasteiger partial charge in [0, 0.05) is 6.20 Å². The Hall–Kier alpha value is -2.34. The first-order valence-corrected chi connectivity index (χ1v) is 5.40. The van der Waals surface area contributed by atoms with Crippen molar-refractivity contribution in [2.45, 2.75) is 12.8 Å². The Morgan fingerprint density at radius 1 is 1.24 bits per heavy atom. The molecule has 2 aromatic rings. The molecule has 0 aliphatic carbocycles. The van der Waals surface area contributed by atoms with E-state index in [2.05, 4.69) is 0 Å². The summed E-state index contributed by atoms with van der Waals surface area (Å²) in [7, 11) is 0. The van der Waals surface area contributed by atoms with Gasteiger partial charge in [-0.3, -0.25) is 9.36 Å². The van der Waals surface area contributed by atoms with Gasteiger partial charge in [0.2, 0.25) is 5.91 Å². The third-order valence-corrected chi connectivity index (χ3v) is 2.77. The van der Waals surface area contributed by atoms with Crippen LogP contribution in [0, 0.1) is 11.3 Å². The van der Waals surface area contributed by atoms with Crippen LogP contribution in [0.25, 0.3) is 0 Å². The minimum Gasteiger partial charge on any atom is -0.278 e. The number of benzene rings is 1. The number of carbonyl (C=O) groups is 1. The van der Waals surface area contributed by atoms with Crippen molar-refractivity contribution < 1.29 is 4.79 Å². The third kappa shape index (κ3) is 2.11. The van der Waals surface area contributed by atoms with Gasteiger partial charge in [-0.1, -0.05) is 30.3 Å². The van der Waals surface area contributed by atoms with Crippen molar-refractivity contribution in [3.8, 4) is 6.07 Å². The van der Waals surface area contributed by atoms with Crippen molar-refractivity contribution in [3.05, 3.63) is 59.9 Å². The average molecular weight is 224 g/mol. The van der Waals surface area contributed by atoms with Crippen molar-refractivity contribution in [2.24, 2.45) is 0 Å². The summed E-state index contributed by atoms with van der Waals surface area (Å²) in [5, 5.41) is 8.89. The molecule has 3 nitrogen and oxygen atoms in total. The van der Waals surface area contributed by atoms with Crippen molar-refractivity contribution in [1.82, 2.24) is 4.57 Å². The molecule has 1 atom stereocenters. The zero-order valence-corrected chi connectivity index (χ0v) is 9.50. The Morgan fingerprint density at radius 3 is 2.59 bits per heavy atom. The predicted molar refractivity (Wildman–Crippen MR) is 64.6 cm³/mol. The van der Waals surface area contributed by atoms with E-state index in [1.165, 1.54) is 4.57 Å². The van der Waals surface area contributed by atoms with Gasteiger partial charge in [0.15, 0.2) is 0 Å². The van der Waals surface area contributed by atoms with Gasteiger partial charge in [0.25, 0.3) is 0 Å². The van der Waals surface area contributed by atoms with Crippen LogP contribution in [0.4, 0.5) is 0 Å².